The van der Waals surface area contributed by atoms with Gasteiger partial charge in [0.1, 0.15) is 30.7 Å². The van der Waals surface area contributed by atoms with E-state index in [4.69, 9.17) is 15.9 Å². The van der Waals surface area contributed by atoms with Crippen molar-refractivity contribution < 1.29 is 18.7 Å². The van der Waals surface area contributed by atoms with Crippen molar-refractivity contribution in [1.29, 1.82) is 0 Å². The number of nitrogens with zero attached hydrogens (tertiary/aromatic N) is 1. The summed E-state index contributed by atoms with van der Waals surface area (Å²) in [6.45, 7) is 0.957. The number of ether oxygens (including phenoxy) is 2. The molecule has 7 nitrogen and oxygen atoms in total. The van der Waals surface area contributed by atoms with Gasteiger partial charge < -0.3 is 9.47 Å². The number of nitrogens with one attached hydrogen (secondary N) is 1. The Morgan fingerprint density at radius 3 is 3.00 bits per heavy atom. The molecule has 1 unspecified atom stereocenters. The smallest absolute Gasteiger partial charge is 0.330 e. The number of hydrogen-bond donors (Lipinski definition) is 1. The van der Waals surface area contributed by atoms with Gasteiger partial charge in [-0.2, -0.15) is 0 Å². The Kier molecular flexibility index (Phi) is 4.23. The Balaban J connectivity index is 2.21. The highest BCUT2D eigenvalue weighted by molar-refractivity contribution is 5.65. The van der Waals surface area contributed by atoms with Gasteiger partial charge in [-0.25, -0.2) is 9.18 Å². The van der Waals surface area contributed by atoms with Gasteiger partial charge in [0.2, 0.25) is 0 Å². The van der Waals surface area contributed by atoms with Crippen LogP contribution in [0.1, 0.15) is 25.1 Å². The van der Waals surface area contributed by atoms with E-state index in [1.54, 1.807) is 0 Å². The summed E-state index contributed by atoms with van der Waals surface area (Å²) < 4.78 is 24.9. The number of esters is 1. The van der Waals surface area contributed by atoms with Crippen molar-refractivity contribution in [2.75, 3.05) is 6.61 Å². The molecule has 1 aliphatic heterocycles. The van der Waals surface area contributed by atoms with Crippen LogP contribution in [0, 0.1) is 12.3 Å². The van der Waals surface area contributed by atoms with Crippen LogP contribution in [0.15, 0.2) is 15.8 Å². The lowest BCUT2D eigenvalue weighted by molar-refractivity contribution is -0.146. The van der Waals surface area contributed by atoms with E-state index in [9.17, 15) is 18.8 Å². The summed E-state index contributed by atoms with van der Waals surface area (Å²) in [6, 6.07) is 0. The standard InChI is InChI=1S/C13H13FN2O5/c1-3-8-5-16(13(19)15-12(8)18)11-4-9(14)10(21-11)6-20-7(2)17/h1,5,9-11H,4,6H2,2H3,(H,15,18,19)/t9?,10-,11-/m0/s1. The molecule has 0 saturated carbocycles. The second kappa shape index (κ2) is 5.93. The number of hydrogen-bond acceptors (Lipinski definition) is 5. The number of carbonyl (C=O) groups excluding carboxylic acids is 1. The van der Waals surface area contributed by atoms with Gasteiger partial charge in [-0.05, 0) is 0 Å². The van der Waals surface area contributed by atoms with Crippen LogP contribution < -0.4 is 11.2 Å². The lowest BCUT2D eigenvalue weighted by atomic mass is 10.2. The quantitative estimate of drug-likeness (QED) is 0.611. The molecular formula is C13H13FN2O5. The normalized spacial score (nSPS) is 24.5. The van der Waals surface area contributed by atoms with Crippen LogP contribution in [0.25, 0.3) is 0 Å². The minimum atomic E-state index is -1.40. The molecule has 0 aliphatic carbocycles. The predicted molar refractivity (Wildman–Crippen MR) is 69.3 cm³/mol. The minimum Gasteiger partial charge on any atom is -0.463 e. The third-order valence-corrected chi connectivity index (χ3v) is 3.05. The zero-order chi connectivity index (χ0) is 15.6. The van der Waals surface area contributed by atoms with Crippen molar-refractivity contribution in [3.05, 3.63) is 32.6 Å². The first kappa shape index (κ1) is 15.0. The highest BCUT2D eigenvalue weighted by atomic mass is 19.1. The fraction of sp³-hybridized carbons (Fsp3) is 0.462. The fourth-order valence-corrected chi connectivity index (χ4v) is 2.01. The largest absolute Gasteiger partial charge is 0.463 e. The molecule has 8 heteroatoms. The first-order valence-electron chi connectivity index (χ1n) is 6.17. The number of H-pyrrole nitrogens is 1. The maximum atomic E-state index is 13.8. The van der Waals surface area contributed by atoms with E-state index in [-0.39, 0.29) is 18.6 Å². The molecule has 0 aromatic carbocycles. The van der Waals surface area contributed by atoms with Crippen LogP contribution in [-0.4, -0.2) is 34.4 Å². The minimum absolute atomic E-state index is 0.0583. The maximum absolute atomic E-state index is 13.8. The van der Waals surface area contributed by atoms with Crippen molar-refractivity contribution in [1.82, 2.24) is 9.55 Å². The molecule has 1 aromatic rings. The third kappa shape index (κ3) is 3.20. The monoisotopic (exact) mass is 296 g/mol. The maximum Gasteiger partial charge on any atom is 0.330 e. The first-order chi connectivity index (χ1) is 9.92. The Labute approximate surface area is 118 Å². The molecule has 21 heavy (non-hydrogen) atoms. The Morgan fingerprint density at radius 2 is 2.38 bits per heavy atom. The van der Waals surface area contributed by atoms with Crippen molar-refractivity contribution in [3.63, 3.8) is 0 Å². The van der Waals surface area contributed by atoms with E-state index in [0.717, 1.165) is 10.8 Å². The Bertz CT molecular complexity index is 702. The number of alkyl halides is 1. The molecule has 1 N–H and O–H groups in total. The summed E-state index contributed by atoms with van der Waals surface area (Å²) in [5, 5.41) is 0. The molecule has 1 aromatic heterocycles. The van der Waals surface area contributed by atoms with Gasteiger partial charge in [0.15, 0.2) is 0 Å². The summed E-state index contributed by atoms with van der Waals surface area (Å²) in [7, 11) is 0. The van der Waals surface area contributed by atoms with Gasteiger partial charge in [-0.3, -0.25) is 19.1 Å². The van der Waals surface area contributed by atoms with Crippen LogP contribution in [-0.2, 0) is 14.3 Å². The molecule has 2 rings (SSSR count). The van der Waals surface area contributed by atoms with Gasteiger partial charge in [-0.15, -0.1) is 6.42 Å². The van der Waals surface area contributed by atoms with E-state index in [2.05, 4.69) is 5.92 Å². The highest BCUT2D eigenvalue weighted by Gasteiger charge is 2.37. The van der Waals surface area contributed by atoms with Gasteiger partial charge in [-0.1, -0.05) is 5.92 Å². The van der Waals surface area contributed by atoms with E-state index >= 15 is 0 Å². The van der Waals surface area contributed by atoms with Crippen LogP contribution >= 0.6 is 0 Å². The zero-order valence-electron chi connectivity index (χ0n) is 11.2. The summed E-state index contributed by atoms with van der Waals surface area (Å²) in [6.07, 6.45) is 2.90. The summed E-state index contributed by atoms with van der Waals surface area (Å²) in [4.78, 5) is 35.8. The molecular weight excluding hydrogens is 283 g/mol. The zero-order valence-corrected chi connectivity index (χ0v) is 11.2. The van der Waals surface area contributed by atoms with Crippen molar-refractivity contribution in [2.45, 2.75) is 31.8 Å². The summed E-state index contributed by atoms with van der Waals surface area (Å²) in [5.74, 6) is 1.58. The van der Waals surface area contributed by atoms with E-state index < -0.39 is 35.7 Å². The molecule has 0 spiro atoms. The number of carbonyl (C=O) groups is 1. The van der Waals surface area contributed by atoms with Crippen LogP contribution in [0.3, 0.4) is 0 Å². The third-order valence-electron chi connectivity index (χ3n) is 3.05. The molecule has 1 fully saturated rings. The fourth-order valence-electron chi connectivity index (χ4n) is 2.01. The molecule has 3 atom stereocenters. The number of aromatic nitrogens is 2. The lowest BCUT2D eigenvalue weighted by Gasteiger charge is -2.15. The molecule has 2 heterocycles. The molecule has 1 aliphatic rings. The molecule has 0 bridgehead atoms. The van der Waals surface area contributed by atoms with Crippen molar-refractivity contribution in [2.24, 2.45) is 0 Å². The predicted octanol–water partition coefficient (Wildman–Crippen LogP) is -0.293. The topological polar surface area (TPSA) is 90.4 Å². The average Bonchev–Trinajstić information content (AvgIpc) is 2.77. The first-order valence-corrected chi connectivity index (χ1v) is 6.17. The second-order valence-corrected chi connectivity index (χ2v) is 4.54. The number of terminal acetylenes is 1. The number of aromatic amines is 1. The van der Waals surface area contributed by atoms with E-state index in [1.165, 1.54) is 6.92 Å². The lowest BCUT2D eigenvalue weighted by Crippen LogP contribution is -2.33. The van der Waals surface area contributed by atoms with Gasteiger partial charge in [0.25, 0.3) is 5.56 Å². The van der Waals surface area contributed by atoms with Gasteiger partial charge in [0.05, 0.1) is 0 Å². The Morgan fingerprint density at radius 1 is 1.67 bits per heavy atom. The van der Waals surface area contributed by atoms with Gasteiger partial charge >= 0.3 is 11.7 Å². The number of halogens is 1. The molecule has 112 valence electrons. The van der Waals surface area contributed by atoms with Crippen molar-refractivity contribution in [3.8, 4) is 12.3 Å². The summed E-state index contributed by atoms with van der Waals surface area (Å²) in [5.41, 5.74) is -1.49. The van der Waals surface area contributed by atoms with Crippen LogP contribution in [0.5, 0.6) is 0 Å². The second-order valence-electron chi connectivity index (χ2n) is 4.54. The molecule has 0 radical (unpaired) electrons. The van der Waals surface area contributed by atoms with Crippen LogP contribution in [0.4, 0.5) is 4.39 Å². The highest BCUT2D eigenvalue weighted by Crippen LogP contribution is 2.30. The van der Waals surface area contributed by atoms with E-state index in [0.29, 0.717) is 0 Å². The molecule has 0 amide bonds. The van der Waals surface area contributed by atoms with Crippen molar-refractivity contribution >= 4 is 5.97 Å². The Hall–Kier alpha value is -2.40. The number of rotatable bonds is 3. The SMILES string of the molecule is C#Cc1cn([C@@H]2CC(F)[C@H](COC(C)=O)O2)c(=O)[nH]c1=O. The van der Waals surface area contributed by atoms with E-state index in [1.807, 2.05) is 4.98 Å². The average molecular weight is 296 g/mol. The molecule has 1 saturated heterocycles. The van der Waals surface area contributed by atoms with Crippen LogP contribution in [0.2, 0.25) is 0 Å². The van der Waals surface area contributed by atoms with Gasteiger partial charge in [0, 0.05) is 19.5 Å². The summed E-state index contributed by atoms with van der Waals surface area (Å²) >= 11 is 0.